The van der Waals surface area contributed by atoms with Crippen LogP contribution in [0.2, 0.25) is 0 Å². The second kappa shape index (κ2) is 5.19. The molecule has 0 nitrogen and oxygen atoms in total. The minimum atomic E-state index is -6.00. The van der Waals surface area contributed by atoms with Gasteiger partial charge in [-0.1, -0.05) is 18.2 Å². The lowest BCUT2D eigenvalue weighted by molar-refractivity contribution is 0.368. The Hall–Kier alpha value is -0.995. The number of rotatable bonds is 0. The summed E-state index contributed by atoms with van der Waals surface area (Å²) in [4.78, 5) is 0. The van der Waals surface area contributed by atoms with E-state index in [9.17, 15) is 17.3 Å². The minimum Gasteiger partial charge on any atom is -0.418 e. The maximum Gasteiger partial charge on any atom is 0.673 e. The summed E-state index contributed by atoms with van der Waals surface area (Å²) in [6.07, 6.45) is 12.6. The van der Waals surface area contributed by atoms with Gasteiger partial charge in [-0.15, -0.1) is 0 Å². The molecular weight excluding hydrogens is 227 g/mol. The Morgan fingerprint density at radius 1 is 1.20 bits per heavy atom. The van der Waals surface area contributed by atoms with Crippen LogP contribution in [0.4, 0.5) is 17.3 Å². The van der Waals surface area contributed by atoms with Crippen molar-refractivity contribution < 1.29 is 17.3 Å². The van der Waals surface area contributed by atoms with Crippen LogP contribution in [-0.2, 0) is 0 Å². The molecule has 0 spiro atoms. The predicted molar refractivity (Wildman–Crippen MR) is 55.7 cm³/mol. The second-order valence-corrected chi connectivity index (χ2v) is 3.71. The molecule has 0 aromatic rings. The summed E-state index contributed by atoms with van der Waals surface area (Å²) in [6.45, 7) is 0. The highest BCUT2D eigenvalue weighted by Crippen LogP contribution is 2.28. The summed E-state index contributed by atoms with van der Waals surface area (Å²) in [6, 6.07) is 0. The molecule has 0 bridgehead atoms. The molecule has 6 heteroatoms. The zero-order valence-corrected chi connectivity index (χ0v) is 8.36. The molecule has 80 valence electrons. The molecule has 0 amide bonds. The van der Waals surface area contributed by atoms with Crippen molar-refractivity contribution in [3.05, 3.63) is 47.4 Å². The number of hydrogen-bond acceptors (Lipinski definition) is 1. The topological polar surface area (TPSA) is 0 Å². The first-order chi connectivity index (χ1) is 6.97. The molecule has 0 fully saturated rings. The van der Waals surface area contributed by atoms with Crippen molar-refractivity contribution in [3.8, 4) is 0 Å². The minimum absolute atomic E-state index is 0.523. The maximum atomic E-state index is 9.75. The van der Waals surface area contributed by atoms with Crippen molar-refractivity contribution in [2.75, 3.05) is 0 Å². The van der Waals surface area contributed by atoms with E-state index in [2.05, 4.69) is 35.8 Å². The van der Waals surface area contributed by atoms with Crippen LogP contribution in [-0.4, -0.2) is 12.5 Å². The van der Waals surface area contributed by atoms with E-state index in [0.717, 1.165) is 0 Å². The van der Waals surface area contributed by atoms with E-state index in [1.807, 2.05) is 6.08 Å². The molecule has 0 aromatic carbocycles. The highest BCUT2D eigenvalue weighted by molar-refractivity contribution is 8.01. The van der Waals surface area contributed by atoms with Gasteiger partial charge < -0.3 is 17.3 Å². The molecule has 2 aliphatic rings. The van der Waals surface area contributed by atoms with Crippen molar-refractivity contribution in [3.63, 3.8) is 0 Å². The van der Waals surface area contributed by atoms with Gasteiger partial charge in [0.05, 0.1) is 28.7 Å². The van der Waals surface area contributed by atoms with E-state index in [4.69, 9.17) is 0 Å². The first kappa shape index (κ1) is 12.1. The maximum absolute atomic E-state index is 9.75. The smallest absolute Gasteiger partial charge is 0.418 e. The van der Waals surface area contributed by atoms with Gasteiger partial charge in [-0.05, 0) is 6.08 Å². The van der Waals surface area contributed by atoms with Crippen LogP contribution < -0.4 is 0 Å². The van der Waals surface area contributed by atoms with Gasteiger partial charge in [0.25, 0.3) is 0 Å². The zero-order valence-electron chi connectivity index (χ0n) is 7.54. The normalized spacial score (nSPS) is 22.1. The number of allylic oxidation sites excluding steroid dienone is 5. The van der Waals surface area contributed by atoms with Crippen molar-refractivity contribution in [2.45, 2.75) is 5.25 Å². The Bertz CT molecular complexity index is 321. The van der Waals surface area contributed by atoms with Crippen LogP contribution in [0, 0.1) is 5.41 Å². The van der Waals surface area contributed by atoms with E-state index < -0.39 is 7.25 Å². The molecule has 1 atom stereocenters. The van der Waals surface area contributed by atoms with E-state index in [1.54, 1.807) is 11.8 Å². The average Bonchev–Trinajstić information content (AvgIpc) is 2.16. The summed E-state index contributed by atoms with van der Waals surface area (Å²) in [7, 11) is -6.00. The predicted octanol–water partition coefficient (Wildman–Crippen LogP) is 3.77. The van der Waals surface area contributed by atoms with Crippen molar-refractivity contribution in [1.82, 2.24) is 0 Å². The lowest BCUT2D eigenvalue weighted by Gasteiger charge is -2.08. The third-order valence-corrected chi connectivity index (χ3v) is 2.51. The molecule has 0 saturated heterocycles. The van der Waals surface area contributed by atoms with Crippen LogP contribution in [0.15, 0.2) is 42.0 Å². The summed E-state index contributed by atoms with van der Waals surface area (Å²) in [5.74, 6) is 0. The van der Waals surface area contributed by atoms with Gasteiger partial charge in [0.15, 0.2) is 6.08 Å². The SMILES string of the molecule is F[B-](F)(F)F.[C+]1=CC=C2C=CC=CC2S1. The van der Waals surface area contributed by atoms with Crippen LogP contribution in [0.1, 0.15) is 0 Å². The fourth-order valence-corrected chi connectivity index (χ4v) is 1.79. The lowest BCUT2D eigenvalue weighted by Crippen LogP contribution is -2.04. The molecule has 0 radical (unpaired) electrons. The van der Waals surface area contributed by atoms with Gasteiger partial charge in [0.1, 0.15) is 5.41 Å². The molecule has 15 heavy (non-hydrogen) atoms. The zero-order chi connectivity index (χ0) is 11.3. The Balaban J connectivity index is 0.000000195. The molecule has 1 aliphatic heterocycles. The van der Waals surface area contributed by atoms with Crippen molar-refractivity contribution in [1.29, 1.82) is 0 Å². The molecule has 0 saturated carbocycles. The quantitative estimate of drug-likeness (QED) is 0.349. The highest BCUT2D eigenvalue weighted by Gasteiger charge is 2.20. The number of halogens is 4. The first-order valence-corrected chi connectivity index (χ1v) is 5.01. The van der Waals surface area contributed by atoms with Crippen LogP contribution in [0.3, 0.4) is 0 Å². The first-order valence-electron chi connectivity index (χ1n) is 4.13. The van der Waals surface area contributed by atoms with Crippen LogP contribution in [0.25, 0.3) is 0 Å². The van der Waals surface area contributed by atoms with E-state index in [1.165, 1.54) is 5.57 Å². The Kier molecular flexibility index (Phi) is 4.18. The fraction of sp³-hybridized carbons (Fsp3) is 0.111. The van der Waals surface area contributed by atoms with Gasteiger partial charge in [-0.2, -0.15) is 0 Å². The Morgan fingerprint density at radius 2 is 1.87 bits per heavy atom. The highest BCUT2D eigenvalue weighted by atomic mass is 32.2. The van der Waals surface area contributed by atoms with Crippen LogP contribution >= 0.6 is 11.8 Å². The summed E-state index contributed by atoms with van der Waals surface area (Å²) in [5, 5.41) is 3.64. The third kappa shape index (κ3) is 5.45. The van der Waals surface area contributed by atoms with Gasteiger partial charge >= 0.3 is 7.25 Å². The second-order valence-electron chi connectivity index (χ2n) is 2.73. The van der Waals surface area contributed by atoms with E-state index in [-0.39, 0.29) is 0 Å². The van der Waals surface area contributed by atoms with E-state index >= 15 is 0 Å². The Morgan fingerprint density at radius 3 is 2.47 bits per heavy atom. The number of hydrogen-bond donors (Lipinski definition) is 0. The summed E-state index contributed by atoms with van der Waals surface area (Å²) in [5.41, 5.74) is 1.38. The molecule has 1 heterocycles. The fourth-order valence-electron chi connectivity index (χ4n) is 1.04. The monoisotopic (exact) mass is 234 g/mol. The van der Waals surface area contributed by atoms with E-state index in [0.29, 0.717) is 5.25 Å². The Labute approximate surface area is 89.5 Å². The molecule has 0 aromatic heterocycles. The summed E-state index contributed by atoms with van der Waals surface area (Å²) >= 11 is 1.74. The number of fused-ring (bicyclic) bond motifs is 1. The average molecular weight is 234 g/mol. The summed E-state index contributed by atoms with van der Waals surface area (Å²) < 4.78 is 39.0. The molecule has 0 N–H and O–H groups in total. The van der Waals surface area contributed by atoms with Gasteiger partial charge in [-0.3, -0.25) is 0 Å². The van der Waals surface area contributed by atoms with Crippen LogP contribution in [0.5, 0.6) is 0 Å². The lowest BCUT2D eigenvalue weighted by atomic mass is 10.1. The van der Waals surface area contributed by atoms with Gasteiger partial charge in [0, 0.05) is 0 Å². The molecule has 1 unspecified atom stereocenters. The molecular formula is C9H7BF4S. The molecule has 2 rings (SSSR count). The van der Waals surface area contributed by atoms with Crippen molar-refractivity contribution >= 4 is 19.0 Å². The van der Waals surface area contributed by atoms with Gasteiger partial charge in [-0.25, -0.2) is 0 Å². The number of thioether (sulfide) groups is 1. The third-order valence-electron chi connectivity index (χ3n) is 1.55. The van der Waals surface area contributed by atoms with Gasteiger partial charge in [0.2, 0.25) is 0 Å². The van der Waals surface area contributed by atoms with Crippen molar-refractivity contribution in [2.24, 2.45) is 0 Å². The standard InChI is InChI=1S/C9H7S.BF4/c1-2-6-9-8(4-1)5-3-7-10-9;2-1(3,4)5/h1-6,9H;/q+1;-1. The largest absolute Gasteiger partial charge is 0.673 e. The molecule has 1 aliphatic carbocycles.